The van der Waals surface area contributed by atoms with Gasteiger partial charge in [0.05, 0.1) is 10.6 Å². The third kappa shape index (κ3) is 1.73. The number of thiazole rings is 1. The van der Waals surface area contributed by atoms with Crippen LogP contribution in [0.5, 0.6) is 0 Å². The van der Waals surface area contributed by atoms with E-state index in [4.69, 9.17) is 5.73 Å². The number of hydrogen-bond donors (Lipinski definition) is 2. The molecule has 5 heteroatoms. The van der Waals surface area contributed by atoms with Gasteiger partial charge >= 0.3 is 0 Å². The first-order valence-electron chi connectivity index (χ1n) is 4.07. The van der Waals surface area contributed by atoms with Gasteiger partial charge in [0.2, 0.25) is 0 Å². The molecule has 4 nitrogen and oxygen atoms in total. The van der Waals surface area contributed by atoms with Gasteiger partial charge in [-0.2, -0.15) is 0 Å². The van der Waals surface area contributed by atoms with Crippen LogP contribution in [0, 0.1) is 0 Å². The molecule has 0 bridgehead atoms. The highest BCUT2D eigenvalue weighted by Gasteiger charge is 2.13. The summed E-state index contributed by atoms with van der Waals surface area (Å²) in [6.07, 6.45) is 2.48. The first-order chi connectivity index (χ1) is 6.77. The Morgan fingerprint density at radius 2 is 2.21 bits per heavy atom. The number of aliphatic hydroxyl groups is 1. The maximum atomic E-state index is 9.86. The van der Waals surface area contributed by atoms with Crippen LogP contribution in [0.4, 0.5) is 5.13 Å². The summed E-state index contributed by atoms with van der Waals surface area (Å²) in [7, 11) is 0. The molecule has 0 spiro atoms. The molecule has 0 saturated carbocycles. The summed E-state index contributed by atoms with van der Waals surface area (Å²) < 4.78 is 0. The normalized spacial score (nSPS) is 12.6. The summed E-state index contributed by atoms with van der Waals surface area (Å²) in [4.78, 5) is 8.63. The Balaban J connectivity index is 2.29. The van der Waals surface area contributed by atoms with Crippen LogP contribution in [-0.4, -0.2) is 15.1 Å². The fourth-order valence-corrected chi connectivity index (χ4v) is 1.80. The van der Waals surface area contributed by atoms with Crippen molar-refractivity contribution in [3.8, 4) is 0 Å². The number of nitrogens with zero attached hydrogens (tertiary/aromatic N) is 2. The predicted octanol–water partition coefficient (Wildman–Crippen LogP) is 1.20. The quantitative estimate of drug-likeness (QED) is 0.776. The molecule has 0 radical (unpaired) electrons. The highest BCUT2D eigenvalue weighted by atomic mass is 32.1. The summed E-state index contributed by atoms with van der Waals surface area (Å²) in [5.74, 6) is 0. The average molecular weight is 207 g/mol. The van der Waals surface area contributed by atoms with Gasteiger partial charge in [-0.1, -0.05) is 17.4 Å². The smallest absolute Gasteiger partial charge is 0.180 e. The number of rotatable bonds is 2. The number of anilines is 1. The van der Waals surface area contributed by atoms with E-state index in [2.05, 4.69) is 9.97 Å². The van der Waals surface area contributed by atoms with Crippen molar-refractivity contribution in [2.24, 2.45) is 0 Å². The molecule has 2 aromatic heterocycles. The van der Waals surface area contributed by atoms with Crippen molar-refractivity contribution >= 4 is 16.5 Å². The van der Waals surface area contributed by atoms with Crippen molar-refractivity contribution in [3.63, 3.8) is 0 Å². The van der Waals surface area contributed by atoms with Gasteiger partial charge in [-0.05, 0) is 12.1 Å². The van der Waals surface area contributed by atoms with Gasteiger partial charge < -0.3 is 10.8 Å². The second-order valence-electron chi connectivity index (χ2n) is 2.76. The molecule has 1 unspecified atom stereocenters. The molecular formula is C9H9N3OS. The van der Waals surface area contributed by atoms with Crippen LogP contribution in [0.15, 0.2) is 30.6 Å². The molecule has 2 aromatic rings. The zero-order valence-corrected chi connectivity index (χ0v) is 8.11. The summed E-state index contributed by atoms with van der Waals surface area (Å²) in [6.45, 7) is 0. The molecular weight excluding hydrogens is 198 g/mol. The van der Waals surface area contributed by atoms with E-state index in [1.807, 2.05) is 6.07 Å². The summed E-state index contributed by atoms with van der Waals surface area (Å²) in [5.41, 5.74) is 6.08. The topological polar surface area (TPSA) is 72.0 Å². The predicted molar refractivity (Wildman–Crippen MR) is 54.8 cm³/mol. The minimum atomic E-state index is -0.731. The van der Waals surface area contributed by atoms with Crippen molar-refractivity contribution in [2.45, 2.75) is 6.10 Å². The van der Waals surface area contributed by atoms with Crippen LogP contribution in [0.1, 0.15) is 16.7 Å². The van der Waals surface area contributed by atoms with Gasteiger partial charge in [-0.15, -0.1) is 0 Å². The van der Waals surface area contributed by atoms with Gasteiger partial charge in [0.15, 0.2) is 5.13 Å². The van der Waals surface area contributed by atoms with Gasteiger partial charge in [0, 0.05) is 12.4 Å². The minimum Gasteiger partial charge on any atom is -0.381 e. The molecule has 2 rings (SSSR count). The number of aliphatic hydroxyl groups excluding tert-OH is 1. The molecule has 2 heterocycles. The molecule has 0 aliphatic rings. The van der Waals surface area contributed by atoms with Crippen LogP contribution >= 0.6 is 11.3 Å². The Bertz CT molecular complexity index is 415. The number of pyridine rings is 1. The molecule has 0 aliphatic heterocycles. The zero-order valence-electron chi connectivity index (χ0n) is 7.29. The standard InChI is InChI=1S/C9H9N3OS/c10-9-12-5-7(14-9)8(13)6-3-1-2-4-11-6/h1-5,8,13H,(H2,10,12). The van der Waals surface area contributed by atoms with Gasteiger partial charge in [0.1, 0.15) is 6.10 Å². The lowest BCUT2D eigenvalue weighted by Gasteiger charge is -2.05. The molecule has 3 N–H and O–H groups in total. The largest absolute Gasteiger partial charge is 0.381 e. The van der Waals surface area contributed by atoms with E-state index in [0.29, 0.717) is 15.7 Å². The molecule has 72 valence electrons. The van der Waals surface area contributed by atoms with E-state index >= 15 is 0 Å². The van der Waals surface area contributed by atoms with E-state index in [1.54, 1.807) is 24.5 Å². The lowest BCUT2D eigenvalue weighted by molar-refractivity contribution is 0.219. The molecule has 0 amide bonds. The van der Waals surface area contributed by atoms with Gasteiger partial charge in [-0.25, -0.2) is 4.98 Å². The number of nitrogen functional groups attached to an aromatic ring is 1. The van der Waals surface area contributed by atoms with E-state index in [1.165, 1.54) is 11.3 Å². The highest BCUT2D eigenvalue weighted by Crippen LogP contribution is 2.26. The Labute approximate surface area is 85.1 Å². The van der Waals surface area contributed by atoms with Gasteiger partial charge in [-0.3, -0.25) is 4.98 Å². The first kappa shape index (κ1) is 9.11. The SMILES string of the molecule is Nc1ncc(C(O)c2ccccn2)s1. The molecule has 14 heavy (non-hydrogen) atoms. The van der Waals surface area contributed by atoms with Crippen molar-refractivity contribution in [3.05, 3.63) is 41.2 Å². The second-order valence-corrected chi connectivity index (χ2v) is 3.85. The fraction of sp³-hybridized carbons (Fsp3) is 0.111. The van der Waals surface area contributed by atoms with Crippen molar-refractivity contribution in [2.75, 3.05) is 5.73 Å². The highest BCUT2D eigenvalue weighted by molar-refractivity contribution is 7.15. The Kier molecular flexibility index (Phi) is 2.43. The van der Waals surface area contributed by atoms with Crippen LogP contribution in [0.25, 0.3) is 0 Å². The van der Waals surface area contributed by atoms with E-state index in [-0.39, 0.29) is 0 Å². The van der Waals surface area contributed by atoms with Crippen molar-refractivity contribution in [1.29, 1.82) is 0 Å². The Hall–Kier alpha value is -1.46. The summed E-state index contributed by atoms with van der Waals surface area (Å²) >= 11 is 1.27. The van der Waals surface area contributed by atoms with E-state index in [0.717, 1.165) is 0 Å². The van der Waals surface area contributed by atoms with E-state index < -0.39 is 6.10 Å². The van der Waals surface area contributed by atoms with E-state index in [9.17, 15) is 5.11 Å². The molecule has 0 aromatic carbocycles. The average Bonchev–Trinajstić information content (AvgIpc) is 2.65. The number of aromatic nitrogens is 2. The van der Waals surface area contributed by atoms with Crippen LogP contribution < -0.4 is 5.73 Å². The van der Waals surface area contributed by atoms with Crippen LogP contribution in [0.3, 0.4) is 0 Å². The third-order valence-corrected chi connectivity index (χ3v) is 2.66. The second kappa shape index (κ2) is 3.73. The Morgan fingerprint density at radius 3 is 2.79 bits per heavy atom. The monoisotopic (exact) mass is 207 g/mol. The first-order valence-corrected chi connectivity index (χ1v) is 4.89. The van der Waals surface area contributed by atoms with Crippen LogP contribution in [0.2, 0.25) is 0 Å². The Morgan fingerprint density at radius 1 is 1.36 bits per heavy atom. The minimum absolute atomic E-state index is 0.454. The lowest BCUT2D eigenvalue weighted by atomic mass is 10.2. The van der Waals surface area contributed by atoms with Crippen molar-refractivity contribution < 1.29 is 5.11 Å². The third-order valence-electron chi connectivity index (χ3n) is 1.78. The maximum absolute atomic E-state index is 9.86. The summed E-state index contributed by atoms with van der Waals surface area (Å²) in [6, 6.07) is 5.40. The van der Waals surface area contributed by atoms with Crippen LogP contribution in [-0.2, 0) is 0 Å². The van der Waals surface area contributed by atoms with Crippen molar-refractivity contribution in [1.82, 2.24) is 9.97 Å². The molecule has 0 fully saturated rings. The molecule has 0 aliphatic carbocycles. The number of hydrogen-bond acceptors (Lipinski definition) is 5. The lowest BCUT2D eigenvalue weighted by Crippen LogP contribution is -1.99. The summed E-state index contributed by atoms with van der Waals surface area (Å²) in [5, 5.41) is 10.3. The van der Waals surface area contributed by atoms with Gasteiger partial charge in [0.25, 0.3) is 0 Å². The molecule has 0 saturated heterocycles. The molecule has 1 atom stereocenters. The maximum Gasteiger partial charge on any atom is 0.180 e. The number of nitrogens with two attached hydrogens (primary N) is 1. The fourth-order valence-electron chi connectivity index (χ4n) is 1.11. The zero-order chi connectivity index (χ0) is 9.97.